The van der Waals surface area contributed by atoms with Gasteiger partial charge in [-0.2, -0.15) is 0 Å². The fourth-order valence-electron chi connectivity index (χ4n) is 3.73. The van der Waals surface area contributed by atoms with E-state index in [2.05, 4.69) is 18.3 Å². The number of carbonyl (C=O) groups is 2. The quantitative estimate of drug-likeness (QED) is 0.600. The summed E-state index contributed by atoms with van der Waals surface area (Å²) in [6, 6.07) is 25.6. The van der Waals surface area contributed by atoms with Crippen LogP contribution in [0, 0.1) is 0 Å². The Balaban J connectivity index is 1.55. The number of benzene rings is 3. The Morgan fingerprint density at radius 2 is 1.80 bits per heavy atom. The van der Waals surface area contributed by atoms with E-state index in [-0.39, 0.29) is 17.2 Å². The number of aryl methyl sites for hydroxylation is 1. The maximum absolute atomic E-state index is 12.7. The molecule has 0 saturated carbocycles. The summed E-state index contributed by atoms with van der Waals surface area (Å²) in [6.07, 6.45) is 1.20. The lowest BCUT2D eigenvalue weighted by molar-refractivity contribution is -0.116. The fourth-order valence-corrected chi connectivity index (χ4v) is 4.89. The molecule has 1 fully saturated rings. The highest BCUT2D eigenvalue weighted by Crippen LogP contribution is 2.43. The van der Waals surface area contributed by atoms with Crippen LogP contribution < -0.4 is 10.2 Å². The lowest BCUT2D eigenvalue weighted by atomic mass is 10.1. The predicted molar refractivity (Wildman–Crippen MR) is 124 cm³/mol. The van der Waals surface area contributed by atoms with E-state index in [1.54, 1.807) is 11.8 Å². The van der Waals surface area contributed by atoms with Gasteiger partial charge in [-0.3, -0.25) is 14.5 Å². The molecule has 152 valence electrons. The van der Waals surface area contributed by atoms with Gasteiger partial charge in [0, 0.05) is 11.4 Å². The summed E-state index contributed by atoms with van der Waals surface area (Å²) in [6.45, 7) is 2.10. The average Bonchev–Trinajstić information content (AvgIpc) is 3.15. The van der Waals surface area contributed by atoms with Crippen LogP contribution >= 0.6 is 11.8 Å². The van der Waals surface area contributed by atoms with Crippen molar-refractivity contribution in [3.63, 3.8) is 0 Å². The average molecular weight is 417 g/mol. The second-order valence-electron chi connectivity index (χ2n) is 7.25. The maximum atomic E-state index is 12.7. The van der Waals surface area contributed by atoms with Crippen molar-refractivity contribution in [2.75, 3.05) is 16.0 Å². The molecule has 1 heterocycles. The van der Waals surface area contributed by atoms with Crippen LogP contribution in [0.5, 0.6) is 0 Å². The van der Waals surface area contributed by atoms with Gasteiger partial charge in [0.25, 0.3) is 0 Å². The summed E-state index contributed by atoms with van der Waals surface area (Å²) in [5.74, 6) is 0.513. The largest absolute Gasteiger partial charge is 0.326 e. The van der Waals surface area contributed by atoms with Crippen LogP contribution in [-0.2, 0) is 22.4 Å². The first-order chi connectivity index (χ1) is 14.7. The minimum atomic E-state index is -0.101. The summed E-state index contributed by atoms with van der Waals surface area (Å²) in [5.41, 5.74) is 4.86. The van der Waals surface area contributed by atoms with Crippen LogP contribution in [0.1, 0.15) is 29.0 Å². The van der Waals surface area contributed by atoms with Crippen molar-refractivity contribution in [1.82, 2.24) is 0 Å². The Kier molecular flexibility index (Phi) is 6.19. The highest BCUT2D eigenvalue weighted by Gasteiger charge is 2.35. The number of nitrogens with zero attached hydrogens (tertiary/aromatic N) is 1. The topological polar surface area (TPSA) is 49.4 Å². The van der Waals surface area contributed by atoms with E-state index in [0.29, 0.717) is 12.2 Å². The summed E-state index contributed by atoms with van der Waals surface area (Å²) in [5, 5.41) is 2.89. The Hall–Kier alpha value is -3.05. The van der Waals surface area contributed by atoms with Crippen LogP contribution in [-0.4, -0.2) is 17.6 Å². The van der Waals surface area contributed by atoms with E-state index < -0.39 is 0 Å². The molecular weight excluding hydrogens is 392 g/mol. The van der Waals surface area contributed by atoms with Gasteiger partial charge in [0.1, 0.15) is 5.37 Å². The number of amides is 2. The molecule has 0 spiro atoms. The number of nitrogens with one attached hydrogen (secondary N) is 1. The molecule has 0 bridgehead atoms. The standard InChI is InChI=1S/C25H24N2O2S/c1-2-19-11-6-7-14-22(19)27-24(29)17-30-25(27)20-12-8-13-21(16-20)26-23(28)15-18-9-4-3-5-10-18/h3-14,16,25H,2,15,17H2,1H3,(H,26,28). The van der Waals surface area contributed by atoms with Gasteiger partial charge in [0.2, 0.25) is 11.8 Å². The number of hydrogen-bond acceptors (Lipinski definition) is 3. The van der Waals surface area contributed by atoms with Crippen LogP contribution in [0.15, 0.2) is 78.9 Å². The minimum Gasteiger partial charge on any atom is -0.326 e. The third-order valence-corrected chi connectivity index (χ3v) is 6.38. The molecule has 0 aromatic heterocycles. The van der Waals surface area contributed by atoms with Crippen molar-refractivity contribution in [2.45, 2.75) is 25.1 Å². The van der Waals surface area contributed by atoms with Gasteiger partial charge in [-0.15, -0.1) is 11.8 Å². The van der Waals surface area contributed by atoms with Crippen LogP contribution in [0.4, 0.5) is 11.4 Å². The van der Waals surface area contributed by atoms with Crippen molar-refractivity contribution in [1.29, 1.82) is 0 Å². The molecule has 3 aromatic carbocycles. The van der Waals surface area contributed by atoms with E-state index in [1.807, 2.05) is 77.7 Å². The number of rotatable bonds is 6. The molecule has 1 N–H and O–H groups in total. The molecule has 4 nitrogen and oxygen atoms in total. The van der Waals surface area contributed by atoms with Crippen molar-refractivity contribution in [3.05, 3.63) is 95.6 Å². The van der Waals surface area contributed by atoms with Crippen LogP contribution in [0.3, 0.4) is 0 Å². The lowest BCUT2D eigenvalue weighted by Gasteiger charge is -2.26. The lowest BCUT2D eigenvalue weighted by Crippen LogP contribution is -2.28. The van der Waals surface area contributed by atoms with Gasteiger partial charge in [-0.05, 0) is 41.3 Å². The molecule has 0 aliphatic carbocycles. The predicted octanol–water partition coefficient (Wildman–Crippen LogP) is 5.21. The number of thioether (sulfide) groups is 1. The zero-order valence-corrected chi connectivity index (χ0v) is 17.7. The van der Waals surface area contributed by atoms with Gasteiger partial charge in [0.15, 0.2) is 0 Å². The van der Waals surface area contributed by atoms with E-state index in [4.69, 9.17) is 0 Å². The molecule has 4 rings (SSSR count). The monoisotopic (exact) mass is 416 g/mol. The van der Waals surface area contributed by atoms with E-state index in [9.17, 15) is 9.59 Å². The number of hydrogen-bond donors (Lipinski definition) is 1. The third kappa shape index (κ3) is 4.41. The molecular formula is C25H24N2O2S. The van der Waals surface area contributed by atoms with Gasteiger partial charge in [-0.25, -0.2) is 0 Å². The van der Waals surface area contributed by atoms with Crippen molar-refractivity contribution in [3.8, 4) is 0 Å². The molecule has 5 heteroatoms. The second kappa shape index (κ2) is 9.18. The molecule has 30 heavy (non-hydrogen) atoms. The normalized spacial score (nSPS) is 16.0. The third-order valence-electron chi connectivity index (χ3n) is 5.16. The SMILES string of the molecule is CCc1ccccc1N1C(=O)CSC1c1cccc(NC(=O)Cc2ccccc2)c1. The Labute approximate surface area is 181 Å². The first-order valence-corrected chi connectivity index (χ1v) is 11.2. The summed E-state index contributed by atoms with van der Waals surface area (Å²) in [7, 11) is 0. The number of para-hydroxylation sites is 1. The Bertz CT molecular complexity index is 1050. The smallest absolute Gasteiger partial charge is 0.238 e. The van der Waals surface area contributed by atoms with E-state index in [0.717, 1.165) is 34.5 Å². The number of carbonyl (C=O) groups excluding carboxylic acids is 2. The van der Waals surface area contributed by atoms with Crippen molar-refractivity contribution < 1.29 is 9.59 Å². The highest BCUT2D eigenvalue weighted by atomic mass is 32.2. The molecule has 1 aliphatic rings. The zero-order chi connectivity index (χ0) is 20.9. The molecule has 1 atom stereocenters. The summed E-state index contributed by atoms with van der Waals surface area (Å²) >= 11 is 1.62. The van der Waals surface area contributed by atoms with Gasteiger partial charge >= 0.3 is 0 Å². The first kappa shape index (κ1) is 20.2. The summed E-state index contributed by atoms with van der Waals surface area (Å²) < 4.78 is 0. The molecule has 0 radical (unpaired) electrons. The second-order valence-corrected chi connectivity index (χ2v) is 8.31. The minimum absolute atomic E-state index is 0.0540. The maximum Gasteiger partial charge on any atom is 0.238 e. The van der Waals surface area contributed by atoms with Crippen molar-refractivity contribution >= 4 is 35.0 Å². The molecule has 1 saturated heterocycles. The van der Waals surface area contributed by atoms with Crippen LogP contribution in [0.25, 0.3) is 0 Å². The van der Waals surface area contributed by atoms with E-state index in [1.165, 1.54) is 0 Å². The molecule has 2 amide bonds. The summed E-state index contributed by atoms with van der Waals surface area (Å²) in [4.78, 5) is 27.1. The zero-order valence-electron chi connectivity index (χ0n) is 16.9. The molecule has 1 unspecified atom stereocenters. The fraction of sp³-hybridized carbons (Fsp3) is 0.200. The van der Waals surface area contributed by atoms with Gasteiger partial charge in [0.05, 0.1) is 12.2 Å². The Morgan fingerprint density at radius 3 is 2.60 bits per heavy atom. The van der Waals surface area contributed by atoms with Crippen LogP contribution in [0.2, 0.25) is 0 Å². The van der Waals surface area contributed by atoms with Gasteiger partial charge < -0.3 is 5.32 Å². The highest BCUT2D eigenvalue weighted by molar-refractivity contribution is 8.00. The van der Waals surface area contributed by atoms with E-state index >= 15 is 0 Å². The number of anilines is 2. The van der Waals surface area contributed by atoms with Gasteiger partial charge in [-0.1, -0.05) is 67.6 Å². The first-order valence-electron chi connectivity index (χ1n) is 10.1. The Morgan fingerprint density at radius 1 is 1.03 bits per heavy atom. The molecule has 1 aliphatic heterocycles. The molecule has 3 aromatic rings. The van der Waals surface area contributed by atoms with Crippen molar-refractivity contribution in [2.24, 2.45) is 0 Å².